The molecule has 0 spiro atoms. The Morgan fingerprint density at radius 1 is 0.346 bits per heavy atom. The van der Waals surface area contributed by atoms with Crippen molar-refractivity contribution in [2.24, 2.45) is 0 Å². The fourth-order valence-electron chi connectivity index (χ4n) is 11.6. The molecule has 0 radical (unpaired) electrons. The minimum Gasteiger partial charge on any atom is -0.466 e. The average Bonchev–Trinajstić information content (AvgIpc) is 3.44. The lowest BCUT2D eigenvalue weighted by Crippen LogP contribution is -2.45. The van der Waals surface area contributed by atoms with Crippen LogP contribution in [-0.4, -0.2) is 47.4 Å². The number of hydrogen-bond donors (Lipinski definition) is 3. The molecule has 0 bridgehead atoms. The van der Waals surface area contributed by atoms with Crippen molar-refractivity contribution in [2.45, 2.75) is 424 Å². The molecular formula is C72H141NO5. The molecule has 2 unspecified atom stereocenters. The van der Waals surface area contributed by atoms with Crippen LogP contribution in [0.3, 0.4) is 0 Å². The van der Waals surface area contributed by atoms with Gasteiger partial charge in [-0.3, -0.25) is 9.59 Å². The maximum absolute atomic E-state index is 12.6. The highest BCUT2D eigenvalue weighted by molar-refractivity contribution is 5.76. The molecule has 0 heterocycles. The van der Waals surface area contributed by atoms with Gasteiger partial charge >= 0.3 is 5.97 Å². The van der Waals surface area contributed by atoms with E-state index in [4.69, 9.17) is 4.74 Å². The normalized spacial score (nSPS) is 12.5. The summed E-state index contributed by atoms with van der Waals surface area (Å²) < 4.78 is 5.49. The summed E-state index contributed by atoms with van der Waals surface area (Å²) in [6.45, 7) is 4.99. The number of amides is 1. The summed E-state index contributed by atoms with van der Waals surface area (Å²) in [7, 11) is 0. The largest absolute Gasteiger partial charge is 0.466 e. The fraction of sp³-hybridized carbons (Fsp3) is 0.944. The van der Waals surface area contributed by atoms with Gasteiger partial charge in [0.1, 0.15) is 0 Å². The van der Waals surface area contributed by atoms with Crippen molar-refractivity contribution in [1.29, 1.82) is 0 Å². The molecule has 464 valence electrons. The van der Waals surface area contributed by atoms with E-state index >= 15 is 0 Å². The van der Waals surface area contributed by atoms with Crippen molar-refractivity contribution < 1.29 is 24.5 Å². The number of carbonyl (C=O) groups excluding carboxylic acids is 2. The molecule has 0 aromatic carbocycles. The quantitative estimate of drug-likeness (QED) is 0.0320. The summed E-state index contributed by atoms with van der Waals surface area (Å²) in [5, 5.41) is 23.5. The molecule has 3 N–H and O–H groups in total. The van der Waals surface area contributed by atoms with Crippen molar-refractivity contribution in [1.82, 2.24) is 5.32 Å². The lowest BCUT2D eigenvalue weighted by molar-refractivity contribution is -0.143. The second kappa shape index (κ2) is 68.1. The zero-order chi connectivity index (χ0) is 56.4. The van der Waals surface area contributed by atoms with E-state index in [-0.39, 0.29) is 18.5 Å². The van der Waals surface area contributed by atoms with Crippen LogP contribution in [0.1, 0.15) is 412 Å². The van der Waals surface area contributed by atoms with E-state index < -0.39 is 12.1 Å². The van der Waals surface area contributed by atoms with Crippen molar-refractivity contribution in [3.8, 4) is 0 Å². The van der Waals surface area contributed by atoms with E-state index in [9.17, 15) is 19.8 Å². The van der Waals surface area contributed by atoms with Crippen molar-refractivity contribution in [2.75, 3.05) is 13.2 Å². The van der Waals surface area contributed by atoms with Crippen LogP contribution in [0.15, 0.2) is 12.2 Å². The molecule has 0 saturated heterocycles. The number of allylic oxidation sites excluding steroid dienone is 2. The maximum atomic E-state index is 12.6. The number of unbranched alkanes of at least 4 members (excludes halogenated alkanes) is 55. The minimum absolute atomic E-state index is 0.00672. The SMILES string of the molecule is CCCCCCCC/C=C\CCCCCCCC(=O)OCCCCCCCCCCCCCCCCCCCCCCCCC(=O)NC(CO)C(O)CCCCCCCCCCCCCCCCCCCCCCCCCC. The van der Waals surface area contributed by atoms with E-state index in [0.717, 1.165) is 44.9 Å². The molecular weight excluding hydrogens is 959 g/mol. The number of rotatable bonds is 68. The predicted octanol–water partition coefficient (Wildman–Crippen LogP) is 23.1. The molecule has 6 heteroatoms. The van der Waals surface area contributed by atoms with E-state index in [1.165, 1.54) is 334 Å². The Morgan fingerprint density at radius 3 is 0.910 bits per heavy atom. The summed E-state index contributed by atoms with van der Waals surface area (Å²) >= 11 is 0. The van der Waals surface area contributed by atoms with Gasteiger partial charge in [-0.05, 0) is 51.4 Å². The number of ether oxygens (including phenoxy) is 1. The fourth-order valence-corrected chi connectivity index (χ4v) is 11.6. The summed E-state index contributed by atoms with van der Waals surface area (Å²) in [6.07, 6.45) is 84.0. The molecule has 1 amide bonds. The Labute approximate surface area is 489 Å². The monoisotopic (exact) mass is 1100 g/mol. The third-order valence-corrected chi connectivity index (χ3v) is 17.1. The highest BCUT2D eigenvalue weighted by Crippen LogP contribution is 2.19. The first kappa shape index (κ1) is 76.6. The smallest absolute Gasteiger partial charge is 0.305 e. The van der Waals surface area contributed by atoms with Gasteiger partial charge in [0, 0.05) is 12.8 Å². The van der Waals surface area contributed by atoms with Crippen LogP contribution in [0.5, 0.6) is 0 Å². The number of nitrogens with one attached hydrogen (secondary N) is 1. The molecule has 78 heavy (non-hydrogen) atoms. The topological polar surface area (TPSA) is 95.9 Å². The van der Waals surface area contributed by atoms with Crippen LogP contribution in [0, 0.1) is 0 Å². The first-order valence-corrected chi connectivity index (χ1v) is 35.9. The summed E-state index contributed by atoms with van der Waals surface area (Å²) in [6, 6.07) is -0.543. The molecule has 0 aliphatic carbocycles. The Hall–Kier alpha value is -1.40. The van der Waals surface area contributed by atoms with Crippen LogP contribution in [0.2, 0.25) is 0 Å². The van der Waals surface area contributed by atoms with Gasteiger partial charge in [-0.15, -0.1) is 0 Å². The van der Waals surface area contributed by atoms with Crippen LogP contribution < -0.4 is 5.32 Å². The highest BCUT2D eigenvalue weighted by Gasteiger charge is 2.20. The second-order valence-electron chi connectivity index (χ2n) is 24.9. The Morgan fingerprint density at radius 2 is 0.603 bits per heavy atom. The number of carbonyl (C=O) groups is 2. The van der Waals surface area contributed by atoms with Gasteiger partial charge < -0.3 is 20.3 Å². The Kier molecular flexibility index (Phi) is 66.9. The number of aliphatic hydroxyl groups excluding tert-OH is 2. The van der Waals surface area contributed by atoms with Crippen molar-refractivity contribution >= 4 is 11.9 Å². The van der Waals surface area contributed by atoms with Gasteiger partial charge in [-0.2, -0.15) is 0 Å². The third-order valence-electron chi connectivity index (χ3n) is 17.1. The van der Waals surface area contributed by atoms with E-state index in [0.29, 0.717) is 25.9 Å². The molecule has 0 fully saturated rings. The van der Waals surface area contributed by atoms with Gasteiger partial charge in [0.05, 0.1) is 25.4 Å². The lowest BCUT2D eigenvalue weighted by Gasteiger charge is -2.22. The number of esters is 1. The van der Waals surface area contributed by atoms with Crippen LogP contribution in [0.4, 0.5) is 0 Å². The van der Waals surface area contributed by atoms with E-state index in [2.05, 4.69) is 31.3 Å². The summed E-state index contributed by atoms with van der Waals surface area (Å²) in [5.74, 6) is -0.0231. The van der Waals surface area contributed by atoms with Crippen LogP contribution in [0.25, 0.3) is 0 Å². The highest BCUT2D eigenvalue weighted by atomic mass is 16.5. The second-order valence-corrected chi connectivity index (χ2v) is 24.9. The average molecular weight is 1100 g/mol. The standard InChI is InChI=1S/C72H141NO5/c1-3-5-7-9-11-13-15-17-19-20-21-22-23-24-27-30-33-37-40-44-48-52-56-60-64-70(75)69(68-74)73-71(76)65-61-57-53-49-45-41-38-34-31-28-25-26-29-32-35-39-43-47-51-55-59-63-67-78-72(77)66-62-58-54-50-46-42-36-18-16-14-12-10-8-6-4-2/h18,36,69-70,74-75H,3-17,19-35,37-68H2,1-2H3,(H,73,76)/b36-18-. The summed E-state index contributed by atoms with van der Waals surface area (Å²) in [4.78, 5) is 24.6. The van der Waals surface area contributed by atoms with Crippen LogP contribution in [-0.2, 0) is 14.3 Å². The van der Waals surface area contributed by atoms with Gasteiger partial charge in [-0.1, -0.05) is 360 Å². The van der Waals surface area contributed by atoms with Gasteiger partial charge in [0.2, 0.25) is 5.91 Å². The Balaban J connectivity index is 3.37. The molecule has 0 aliphatic heterocycles. The molecule has 2 atom stereocenters. The predicted molar refractivity (Wildman–Crippen MR) is 343 cm³/mol. The van der Waals surface area contributed by atoms with Crippen LogP contribution >= 0.6 is 0 Å². The van der Waals surface area contributed by atoms with Gasteiger partial charge in [-0.25, -0.2) is 0 Å². The van der Waals surface area contributed by atoms with Crippen molar-refractivity contribution in [3.63, 3.8) is 0 Å². The molecule has 0 aromatic heterocycles. The van der Waals surface area contributed by atoms with E-state index in [1.807, 2.05) is 0 Å². The third kappa shape index (κ3) is 63.8. The first-order chi connectivity index (χ1) is 38.5. The lowest BCUT2D eigenvalue weighted by atomic mass is 10.0. The Bertz CT molecular complexity index is 1180. The minimum atomic E-state index is -0.666. The zero-order valence-electron chi connectivity index (χ0n) is 53.2. The molecule has 6 nitrogen and oxygen atoms in total. The first-order valence-electron chi connectivity index (χ1n) is 35.9. The number of aliphatic hydroxyl groups is 2. The van der Waals surface area contributed by atoms with Gasteiger partial charge in [0.25, 0.3) is 0 Å². The maximum Gasteiger partial charge on any atom is 0.305 e. The van der Waals surface area contributed by atoms with Gasteiger partial charge in [0.15, 0.2) is 0 Å². The summed E-state index contributed by atoms with van der Waals surface area (Å²) in [5.41, 5.74) is 0. The molecule has 0 aliphatic rings. The number of hydrogen-bond acceptors (Lipinski definition) is 5. The zero-order valence-corrected chi connectivity index (χ0v) is 53.2. The molecule has 0 saturated carbocycles. The molecule has 0 rings (SSSR count). The van der Waals surface area contributed by atoms with Crippen molar-refractivity contribution in [3.05, 3.63) is 12.2 Å². The molecule has 0 aromatic rings. The van der Waals surface area contributed by atoms with E-state index in [1.54, 1.807) is 0 Å².